The molecule has 8 bridgehead atoms. The van der Waals surface area contributed by atoms with E-state index in [9.17, 15) is 15.0 Å². The third-order valence-electron chi connectivity index (χ3n) is 10.5. The molecule has 5 heterocycles. The van der Waals surface area contributed by atoms with E-state index < -0.39 is 5.97 Å². The number of carboxylic acids is 1. The van der Waals surface area contributed by atoms with Crippen LogP contribution in [0, 0.1) is 6.92 Å². The summed E-state index contributed by atoms with van der Waals surface area (Å²) in [5.74, 6) is -0.667. The summed E-state index contributed by atoms with van der Waals surface area (Å²) >= 11 is 0. The van der Waals surface area contributed by atoms with Crippen LogP contribution in [0.3, 0.4) is 0 Å². The SMILES string of the molecule is CCCCCCOC(C)C1=C(C)c2cc3[nH]c(c4c5[nH]c(cc6nc(cc1n2)C(C)=C6CC)c(C)c5C(O)=C4)[C@@H](CCC(=O)O)[C@@H]3C. The number of aliphatic carboxylic acids is 1. The molecular weight excluding hydrogens is 588 g/mol. The number of aliphatic hydroxyl groups excluding tert-OH is 1. The molecule has 3 aliphatic heterocycles. The second kappa shape index (κ2) is 13.1. The van der Waals surface area contributed by atoms with Crippen LogP contribution in [0.5, 0.6) is 0 Å². The Morgan fingerprint density at radius 2 is 1.72 bits per heavy atom. The van der Waals surface area contributed by atoms with Gasteiger partial charge in [-0.1, -0.05) is 40.0 Å². The van der Waals surface area contributed by atoms with E-state index in [4.69, 9.17) is 14.7 Å². The molecule has 2 aromatic rings. The predicted octanol–water partition coefficient (Wildman–Crippen LogP) is 9.72. The molecule has 1 unspecified atom stereocenters. The lowest BCUT2D eigenvalue weighted by atomic mass is 9.86. The zero-order valence-electron chi connectivity index (χ0n) is 28.8. The van der Waals surface area contributed by atoms with Crippen molar-refractivity contribution >= 4 is 51.1 Å². The van der Waals surface area contributed by atoms with Gasteiger partial charge < -0.3 is 24.9 Å². The van der Waals surface area contributed by atoms with Crippen molar-refractivity contribution in [3.63, 3.8) is 0 Å². The Morgan fingerprint density at radius 3 is 2.45 bits per heavy atom. The molecule has 8 heteroatoms. The Morgan fingerprint density at radius 1 is 0.979 bits per heavy atom. The number of aromatic nitrogens is 4. The Bertz CT molecular complexity index is 1900. The summed E-state index contributed by atoms with van der Waals surface area (Å²) in [6, 6.07) is 6.32. The van der Waals surface area contributed by atoms with Crippen LogP contribution in [0.15, 0.2) is 18.2 Å². The first-order valence-corrected chi connectivity index (χ1v) is 17.3. The van der Waals surface area contributed by atoms with Gasteiger partial charge in [0, 0.05) is 58.5 Å². The summed E-state index contributed by atoms with van der Waals surface area (Å²) in [5, 5.41) is 20.8. The van der Waals surface area contributed by atoms with E-state index in [-0.39, 0.29) is 30.1 Å². The number of unbranched alkanes of at least 4 members (excludes halogenated alkanes) is 3. The van der Waals surface area contributed by atoms with Crippen molar-refractivity contribution in [3.8, 4) is 0 Å². The predicted molar refractivity (Wildman–Crippen MR) is 190 cm³/mol. The smallest absolute Gasteiger partial charge is 0.303 e. The highest BCUT2D eigenvalue weighted by molar-refractivity contribution is 6.02. The Kier molecular flexibility index (Phi) is 9.16. The number of aryl methyl sites for hydroxylation is 1. The molecule has 0 saturated heterocycles. The monoisotopic (exact) mass is 636 g/mol. The minimum Gasteiger partial charge on any atom is -0.507 e. The maximum Gasteiger partial charge on any atom is 0.303 e. The van der Waals surface area contributed by atoms with Crippen LogP contribution in [-0.4, -0.2) is 48.8 Å². The van der Waals surface area contributed by atoms with Gasteiger partial charge >= 0.3 is 5.97 Å². The molecule has 4 aliphatic rings. The largest absolute Gasteiger partial charge is 0.507 e. The van der Waals surface area contributed by atoms with Crippen LogP contribution >= 0.6 is 0 Å². The molecule has 248 valence electrons. The van der Waals surface area contributed by atoms with Gasteiger partial charge in [-0.05, 0) is 93.5 Å². The maximum atomic E-state index is 11.7. The van der Waals surface area contributed by atoms with Gasteiger partial charge in [-0.3, -0.25) is 4.79 Å². The fourth-order valence-electron chi connectivity index (χ4n) is 7.70. The molecule has 0 saturated carbocycles. The molecule has 47 heavy (non-hydrogen) atoms. The van der Waals surface area contributed by atoms with E-state index >= 15 is 0 Å². The van der Waals surface area contributed by atoms with E-state index in [1.165, 1.54) is 18.4 Å². The number of carbonyl (C=O) groups is 1. The number of hydrogen-bond acceptors (Lipinski definition) is 5. The molecule has 8 nitrogen and oxygen atoms in total. The molecule has 1 aliphatic carbocycles. The molecular formula is C39H48N4O4. The maximum absolute atomic E-state index is 11.7. The van der Waals surface area contributed by atoms with Crippen molar-refractivity contribution < 1.29 is 19.7 Å². The molecule has 0 spiro atoms. The van der Waals surface area contributed by atoms with E-state index in [2.05, 4.69) is 69.7 Å². The van der Waals surface area contributed by atoms with Crippen LogP contribution in [0.2, 0.25) is 0 Å². The normalized spacial score (nSPS) is 18.6. The molecule has 2 aromatic heterocycles. The topological polar surface area (TPSA) is 124 Å². The van der Waals surface area contributed by atoms with Crippen LogP contribution < -0.4 is 0 Å². The number of nitrogens with one attached hydrogen (secondary N) is 2. The van der Waals surface area contributed by atoms with Crippen molar-refractivity contribution in [2.24, 2.45) is 0 Å². The van der Waals surface area contributed by atoms with Gasteiger partial charge in [-0.25, -0.2) is 9.97 Å². The lowest BCUT2D eigenvalue weighted by Crippen LogP contribution is -2.12. The average molecular weight is 637 g/mol. The third kappa shape index (κ3) is 5.93. The molecule has 3 atom stereocenters. The minimum atomic E-state index is -0.819. The number of hydrogen-bond donors (Lipinski definition) is 4. The fourth-order valence-corrected chi connectivity index (χ4v) is 7.70. The summed E-state index contributed by atoms with van der Waals surface area (Å²) < 4.78 is 6.42. The number of fused-ring (bicyclic) bond motifs is 8. The van der Waals surface area contributed by atoms with Crippen molar-refractivity contribution in [3.05, 3.63) is 69.1 Å². The molecule has 0 radical (unpaired) electrons. The Balaban J connectivity index is 1.62. The van der Waals surface area contributed by atoms with Gasteiger partial charge in [0.25, 0.3) is 0 Å². The first kappa shape index (κ1) is 32.8. The van der Waals surface area contributed by atoms with Gasteiger partial charge in [0.15, 0.2) is 0 Å². The number of H-pyrrole nitrogens is 2. The Hall–Kier alpha value is -4.17. The zero-order chi connectivity index (χ0) is 33.6. The lowest BCUT2D eigenvalue weighted by Gasteiger charge is -2.17. The highest BCUT2D eigenvalue weighted by atomic mass is 16.5. The second-order valence-corrected chi connectivity index (χ2v) is 13.4. The van der Waals surface area contributed by atoms with E-state index in [0.29, 0.717) is 13.0 Å². The quantitative estimate of drug-likeness (QED) is 0.182. The van der Waals surface area contributed by atoms with Crippen molar-refractivity contribution in [2.45, 2.75) is 111 Å². The standard InChI is InChI=1S/C39H48N4O4/c1-8-10-11-12-15-47-24(7)36-22(5)30-17-29-21(4)26(13-14-35(45)46)38(42-29)27-16-34(44)37-23(6)31(43-39(27)37)18-32-25(9-2)20(3)28(40-32)19-33(36)41-30/h16-19,21,24,26,42-44H,8-15H2,1-7H3,(H,45,46)/t21-,24?,26-/m0/s1. The molecule has 0 aromatic carbocycles. The van der Waals surface area contributed by atoms with Gasteiger partial charge in [-0.2, -0.15) is 0 Å². The zero-order valence-corrected chi connectivity index (χ0v) is 28.8. The van der Waals surface area contributed by atoms with Crippen LogP contribution in [0.25, 0.3) is 45.2 Å². The van der Waals surface area contributed by atoms with Crippen molar-refractivity contribution in [1.82, 2.24) is 19.9 Å². The van der Waals surface area contributed by atoms with Gasteiger partial charge in [-0.15, -0.1) is 0 Å². The number of aliphatic hydroxyl groups is 1. The van der Waals surface area contributed by atoms with E-state index in [1.54, 1.807) is 0 Å². The fraction of sp³-hybridized carbons (Fsp3) is 0.462. The summed E-state index contributed by atoms with van der Waals surface area (Å²) in [7, 11) is 0. The minimum absolute atomic E-state index is 0.0154. The molecule has 6 rings (SSSR count). The Labute approximate surface area is 277 Å². The number of ether oxygens (including phenoxy) is 1. The van der Waals surface area contributed by atoms with Crippen molar-refractivity contribution in [1.29, 1.82) is 0 Å². The number of nitrogens with zero attached hydrogens (tertiary/aromatic N) is 2. The molecule has 0 amide bonds. The molecule has 0 fully saturated rings. The van der Waals surface area contributed by atoms with Gasteiger partial charge in [0.05, 0.1) is 34.4 Å². The molecule has 4 N–H and O–H groups in total. The summed E-state index contributed by atoms with van der Waals surface area (Å²) in [5.41, 5.74) is 14.3. The second-order valence-electron chi connectivity index (χ2n) is 13.4. The first-order chi connectivity index (χ1) is 22.5. The third-order valence-corrected chi connectivity index (χ3v) is 10.5. The van der Waals surface area contributed by atoms with Crippen LogP contribution in [0.1, 0.15) is 149 Å². The highest BCUT2D eigenvalue weighted by Gasteiger charge is 2.33. The van der Waals surface area contributed by atoms with Gasteiger partial charge in [0.1, 0.15) is 5.76 Å². The van der Waals surface area contributed by atoms with E-state index in [0.717, 1.165) is 97.9 Å². The first-order valence-electron chi connectivity index (χ1n) is 17.3. The van der Waals surface area contributed by atoms with E-state index in [1.807, 2.05) is 13.0 Å². The lowest BCUT2D eigenvalue weighted by molar-refractivity contribution is -0.137. The number of carboxylic acid groups (broad SMARTS) is 1. The average Bonchev–Trinajstić information content (AvgIpc) is 3.78. The summed E-state index contributed by atoms with van der Waals surface area (Å²) in [6.45, 7) is 15.6. The number of allylic oxidation sites excluding steroid dienone is 3. The summed E-state index contributed by atoms with van der Waals surface area (Å²) in [6.07, 6.45) is 7.63. The number of aromatic amines is 2. The highest BCUT2D eigenvalue weighted by Crippen LogP contribution is 2.46. The number of rotatable bonds is 11. The van der Waals surface area contributed by atoms with Crippen LogP contribution in [-0.2, 0) is 9.53 Å². The van der Waals surface area contributed by atoms with Crippen LogP contribution in [0.4, 0.5) is 0 Å². The van der Waals surface area contributed by atoms with Crippen molar-refractivity contribution in [2.75, 3.05) is 6.61 Å². The summed E-state index contributed by atoms with van der Waals surface area (Å²) in [4.78, 5) is 29.4. The van der Waals surface area contributed by atoms with Gasteiger partial charge in [0.2, 0.25) is 0 Å².